The fourth-order valence-electron chi connectivity index (χ4n) is 2.13. The van der Waals surface area contributed by atoms with Crippen molar-refractivity contribution in [3.63, 3.8) is 0 Å². The molecule has 26 heavy (non-hydrogen) atoms. The van der Waals surface area contributed by atoms with E-state index >= 15 is 0 Å². The van der Waals surface area contributed by atoms with Crippen LogP contribution in [0.3, 0.4) is 0 Å². The van der Waals surface area contributed by atoms with Crippen molar-refractivity contribution >= 4 is 5.69 Å². The summed E-state index contributed by atoms with van der Waals surface area (Å²) in [6, 6.07) is 3.39. The second kappa shape index (κ2) is 6.28. The first-order valence-corrected chi connectivity index (χ1v) is 6.55. The summed E-state index contributed by atoms with van der Waals surface area (Å²) in [6.07, 6.45) is -9.63. The SMILES string of the molecule is CC(O)(CC(F)(F)C(F)(F)C(F)(F)C(F)(F)F)c1ccccc1[N+](=O)[O-]. The van der Waals surface area contributed by atoms with Gasteiger partial charge in [-0.25, -0.2) is 0 Å². The molecule has 0 spiro atoms. The summed E-state index contributed by atoms with van der Waals surface area (Å²) in [5, 5.41) is 20.8. The molecule has 0 bridgehead atoms. The molecule has 148 valence electrons. The van der Waals surface area contributed by atoms with Gasteiger partial charge >= 0.3 is 23.9 Å². The summed E-state index contributed by atoms with van der Waals surface area (Å²) in [4.78, 5) is 9.64. The average molecular weight is 399 g/mol. The predicted octanol–water partition coefficient (Wildman–Crippen LogP) is 4.66. The van der Waals surface area contributed by atoms with Crippen LogP contribution in [0.1, 0.15) is 18.9 Å². The minimum absolute atomic E-state index is 0.352. The van der Waals surface area contributed by atoms with Crippen LogP contribution in [0.25, 0.3) is 0 Å². The van der Waals surface area contributed by atoms with Crippen molar-refractivity contribution < 1.29 is 49.5 Å². The number of hydrogen-bond acceptors (Lipinski definition) is 3. The lowest BCUT2D eigenvalue weighted by Crippen LogP contribution is -2.62. The van der Waals surface area contributed by atoms with E-state index in [1.54, 1.807) is 0 Å². The van der Waals surface area contributed by atoms with Crippen molar-refractivity contribution in [3.05, 3.63) is 39.9 Å². The number of rotatable bonds is 6. The monoisotopic (exact) mass is 399 g/mol. The van der Waals surface area contributed by atoms with Crippen molar-refractivity contribution in [2.24, 2.45) is 0 Å². The molecule has 4 nitrogen and oxygen atoms in total. The molecular weight excluding hydrogens is 389 g/mol. The molecule has 0 aliphatic carbocycles. The van der Waals surface area contributed by atoms with Gasteiger partial charge in [-0.15, -0.1) is 0 Å². The average Bonchev–Trinajstić information content (AvgIpc) is 2.44. The minimum Gasteiger partial charge on any atom is -0.385 e. The number of benzene rings is 1. The largest absolute Gasteiger partial charge is 0.460 e. The third-order valence-corrected chi connectivity index (χ3v) is 3.46. The third kappa shape index (κ3) is 3.57. The molecule has 1 atom stereocenters. The normalized spacial score (nSPS) is 16.3. The Morgan fingerprint density at radius 2 is 1.42 bits per heavy atom. The Morgan fingerprint density at radius 1 is 0.962 bits per heavy atom. The van der Waals surface area contributed by atoms with Gasteiger partial charge < -0.3 is 5.11 Å². The van der Waals surface area contributed by atoms with Crippen LogP contribution < -0.4 is 0 Å². The van der Waals surface area contributed by atoms with Crippen LogP contribution in [0.15, 0.2) is 24.3 Å². The highest BCUT2D eigenvalue weighted by Crippen LogP contribution is 2.55. The van der Waals surface area contributed by atoms with Crippen LogP contribution in [0.2, 0.25) is 0 Å². The molecule has 1 aromatic rings. The summed E-state index contributed by atoms with van der Waals surface area (Å²) in [6.45, 7) is 0.352. The second-order valence-electron chi connectivity index (χ2n) is 5.58. The van der Waals surface area contributed by atoms with Crippen molar-refractivity contribution in [3.8, 4) is 0 Å². The van der Waals surface area contributed by atoms with Crippen LogP contribution in [0.4, 0.5) is 45.2 Å². The first-order chi connectivity index (χ1) is 11.4. The van der Waals surface area contributed by atoms with E-state index in [1.165, 1.54) is 0 Å². The zero-order valence-electron chi connectivity index (χ0n) is 12.6. The van der Waals surface area contributed by atoms with Gasteiger partial charge in [0, 0.05) is 6.07 Å². The number of para-hydroxylation sites is 1. The van der Waals surface area contributed by atoms with Gasteiger partial charge in [0.1, 0.15) is 0 Å². The summed E-state index contributed by atoms with van der Waals surface area (Å²) < 4.78 is 116. The van der Waals surface area contributed by atoms with Gasteiger partial charge in [-0.05, 0) is 13.0 Å². The fraction of sp³-hybridized carbons (Fsp3) is 0.538. The van der Waals surface area contributed by atoms with Crippen molar-refractivity contribution in [2.75, 3.05) is 0 Å². The molecule has 0 heterocycles. The van der Waals surface area contributed by atoms with Crippen molar-refractivity contribution in [1.29, 1.82) is 0 Å². The highest BCUT2D eigenvalue weighted by atomic mass is 19.4. The Bertz CT molecular complexity index is 686. The molecular formula is C13H10F9NO3. The van der Waals surface area contributed by atoms with Gasteiger partial charge in [0.25, 0.3) is 5.69 Å². The number of nitro benzene ring substituents is 1. The van der Waals surface area contributed by atoms with E-state index in [-0.39, 0.29) is 0 Å². The number of alkyl halides is 9. The maximum absolute atomic E-state index is 13.7. The Balaban J connectivity index is 3.37. The molecule has 1 aromatic carbocycles. The van der Waals surface area contributed by atoms with Gasteiger partial charge in [0.2, 0.25) is 0 Å². The maximum Gasteiger partial charge on any atom is 0.460 e. The highest BCUT2D eigenvalue weighted by Gasteiger charge is 2.82. The van der Waals surface area contributed by atoms with Gasteiger partial charge in [0.05, 0.1) is 22.5 Å². The van der Waals surface area contributed by atoms with Crippen LogP contribution in [-0.4, -0.2) is 34.0 Å². The minimum atomic E-state index is -7.11. The zero-order chi connectivity index (χ0) is 20.8. The standard InChI is InChI=1S/C13H10F9NO3/c1-9(24,7-4-2-3-5-8(7)23(25)26)6-10(14,15)11(16,17)12(18,19)13(20,21)22/h2-5,24H,6H2,1H3. The molecule has 1 unspecified atom stereocenters. The molecule has 0 radical (unpaired) electrons. The molecule has 0 aliphatic rings. The molecule has 0 amide bonds. The first kappa shape index (κ1) is 22.0. The molecule has 0 saturated heterocycles. The van der Waals surface area contributed by atoms with Gasteiger partial charge in [-0.2, -0.15) is 39.5 Å². The summed E-state index contributed by atoms with van der Waals surface area (Å²) >= 11 is 0. The Morgan fingerprint density at radius 3 is 1.85 bits per heavy atom. The summed E-state index contributed by atoms with van der Waals surface area (Å²) in [7, 11) is 0. The number of halogens is 9. The summed E-state index contributed by atoms with van der Waals surface area (Å²) in [5.41, 5.74) is -5.20. The van der Waals surface area contributed by atoms with Crippen LogP contribution in [-0.2, 0) is 5.60 Å². The Labute approximate surface area is 139 Å². The van der Waals surface area contributed by atoms with E-state index in [0.717, 1.165) is 12.1 Å². The van der Waals surface area contributed by atoms with Crippen molar-refractivity contribution in [1.82, 2.24) is 0 Å². The zero-order valence-corrected chi connectivity index (χ0v) is 12.6. The van der Waals surface area contributed by atoms with Gasteiger partial charge in [-0.3, -0.25) is 10.1 Å². The third-order valence-electron chi connectivity index (χ3n) is 3.46. The maximum atomic E-state index is 13.7. The molecule has 1 N–H and O–H groups in total. The topological polar surface area (TPSA) is 63.4 Å². The first-order valence-electron chi connectivity index (χ1n) is 6.55. The quantitative estimate of drug-likeness (QED) is 0.430. The Kier molecular flexibility index (Phi) is 5.31. The highest BCUT2D eigenvalue weighted by molar-refractivity contribution is 5.43. The van der Waals surface area contributed by atoms with Crippen LogP contribution in [0, 0.1) is 10.1 Å². The molecule has 0 fully saturated rings. The lowest BCUT2D eigenvalue weighted by Gasteiger charge is -2.36. The second-order valence-corrected chi connectivity index (χ2v) is 5.58. The number of nitrogens with zero attached hydrogens (tertiary/aromatic N) is 1. The van der Waals surface area contributed by atoms with Crippen LogP contribution >= 0.6 is 0 Å². The Hall–Kier alpha value is -2.05. The van der Waals surface area contributed by atoms with Gasteiger partial charge in [-0.1, -0.05) is 12.1 Å². The van der Waals surface area contributed by atoms with Crippen molar-refractivity contribution in [2.45, 2.75) is 42.9 Å². The van der Waals surface area contributed by atoms with Gasteiger partial charge in [0.15, 0.2) is 0 Å². The van der Waals surface area contributed by atoms with E-state index in [2.05, 4.69) is 0 Å². The van der Waals surface area contributed by atoms with E-state index in [0.29, 0.717) is 19.1 Å². The lowest BCUT2D eigenvalue weighted by molar-refractivity contribution is -0.401. The molecule has 0 aromatic heterocycles. The molecule has 0 saturated carbocycles. The van der Waals surface area contributed by atoms with E-state index < -0.39 is 52.1 Å². The van der Waals surface area contributed by atoms with Crippen LogP contribution in [0.5, 0.6) is 0 Å². The summed E-state index contributed by atoms with van der Waals surface area (Å²) in [5.74, 6) is -20.1. The lowest BCUT2D eigenvalue weighted by atomic mass is 9.85. The molecule has 0 aliphatic heterocycles. The fourth-order valence-corrected chi connectivity index (χ4v) is 2.13. The number of nitro groups is 1. The van der Waals surface area contributed by atoms with E-state index in [9.17, 15) is 54.7 Å². The van der Waals surface area contributed by atoms with E-state index in [1.807, 2.05) is 0 Å². The molecule has 13 heteroatoms. The smallest absolute Gasteiger partial charge is 0.385 e. The number of hydrogen-bond donors (Lipinski definition) is 1. The molecule has 1 rings (SSSR count). The number of aliphatic hydroxyl groups is 1. The predicted molar refractivity (Wildman–Crippen MR) is 68.2 cm³/mol. The van der Waals surface area contributed by atoms with E-state index in [4.69, 9.17) is 0 Å².